The Balaban J connectivity index is 2.00. The Morgan fingerprint density at radius 3 is 2.64 bits per heavy atom. The molecule has 0 amide bonds. The van der Waals surface area contributed by atoms with Crippen LogP contribution < -0.4 is 0 Å². The number of aromatic nitrogens is 2. The molecule has 1 N–H and O–H groups in total. The van der Waals surface area contributed by atoms with E-state index in [0.717, 1.165) is 17.0 Å². The van der Waals surface area contributed by atoms with Crippen molar-refractivity contribution in [2.24, 2.45) is 7.05 Å². The Morgan fingerprint density at radius 1 is 1.32 bits per heavy atom. The molecule has 0 radical (unpaired) electrons. The summed E-state index contributed by atoms with van der Waals surface area (Å²) in [4.78, 5) is 4.52. The van der Waals surface area contributed by atoms with E-state index in [9.17, 15) is 13.5 Å². The van der Waals surface area contributed by atoms with E-state index in [4.69, 9.17) is 0 Å². The van der Waals surface area contributed by atoms with Gasteiger partial charge in [-0.3, -0.25) is 0 Å². The van der Waals surface area contributed by atoms with Gasteiger partial charge in [-0.25, -0.2) is 13.4 Å². The number of hydrogen-bond donors (Lipinski definition) is 1. The van der Waals surface area contributed by atoms with Gasteiger partial charge < -0.3 is 9.67 Å². The fraction of sp³-hybridized carbons (Fsp3) is 0.400. The van der Waals surface area contributed by atoms with Gasteiger partial charge in [0.2, 0.25) is 10.0 Å². The first-order valence-corrected chi connectivity index (χ1v) is 8.56. The fourth-order valence-corrected chi connectivity index (χ4v) is 4.36. The van der Waals surface area contributed by atoms with E-state index in [1.807, 2.05) is 18.5 Å². The van der Waals surface area contributed by atoms with Crippen LogP contribution in [0.2, 0.25) is 0 Å². The second-order valence-electron chi connectivity index (χ2n) is 5.65. The number of nitrogens with zero attached hydrogens (tertiary/aromatic N) is 3. The lowest BCUT2D eigenvalue weighted by Crippen LogP contribution is -2.46. The third kappa shape index (κ3) is 2.45. The monoisotopic (exact) mass is 321 g/mol. The molecule has 2 aromatic rings. The lowest BCUT2D eigenvalue weighted by molar-refractivity contribution is 0.171. The van der Waals surface area contributed by atoms with Crippen molar-refractivity contribution in [3.8, 4) is 0 Å². The van der Waals surface area contributed by atoms with E-state index >= 15 is 0 Å². The van der Waals surface area contributed by atoms with Crippen LogP contribution in [-0.4, -0.2) is 40.0 Å². The van der Waals surface area contributed by atoms with Gasteiger partial charge in [0.1, 0.15) is 0 Å². The lowest BCUT2D eigenvalue weighted by atomic mass is 10.1. The minimum atomic E-state index is -3.65. The maximum absolute atomic E-state index is 12.9. The van der Waals surface area contributed by atoms with Crippen molar-refractivity contribution < 1.29 is 13.5 Å². The molecule has 1 atom stereocenters. The smallest absolute Gasteiger partial charge is 0.243 e. The molecule has 0 saturated heterocycles. The number of sulfonamides is 1. The topological polar surface area (TPSA) is 75.4 Å². The van der Waals surface area contributed by atoms with E-state index in [1.165, 1.54) is 4.31 Å². The largest absolute Gasteiger partial charge is 0.395 e. The number of aliphatic hydroxyl groups is 1. The minimum absolute atomic E-state index is 0.192. The molecular formula is C15H19N3O3S. The van der Waals surface area contributed by atoms with E-state index < -0.39 is 16.1 Å². The molecular weight excluding hydrogens is 302 g/mol. The fourth-order valence-electron chi connectivity index (χ4n) is 2.78. The number of aliphatic hydroxyl groups excluding tert-OH is 1. The average molecular weight is 321 g/mol. The minimum Gasteiger partial charge on any atom is -0.395 e. The summed E-state index contributed by atoms with van der Waals surface area (Å²) in [5.74, 6) is 0. The van der Waals surface area contributed by atoms with Gasteiger partial charge >= 0.3 is 0 Å². The van der Waals surface area contributed by atoms with E-state index in [2.05, 4.69) is 4.98 Å². The zero-order valence-electron chi connectivity index (χ0n) is 12.6. The second-order valence-corrected chi connectivity index (χ2v) is 7.54. The number of benzene rings is 1. The number of fused-ring (bicyclic) bond motifs is 1. The van der Waals surface area contributed by atoms with Crippen LogP contribution >= 0.6 is 0 Å². The molecule has 1 aliphatic rings. The quantitative estimate of drug-likeness (QED) is 0.909. The number of rotatable bonds is 3. The molecule has 0 aliphatic carbocycles. The molecule has 0 bridgehead atoms. The summed E-state index contributed by atoms with van der Waals surface area (Å²) in [5.41, 5.74) is 2.74. The van der Waals surface area contributed by atoms with Crippen molar-refractivity contribution in [3.63, 3.8) is 0 Å². The van der Waals surface area contributed by atoms with Crippen molar-refractivity contribution in [1.29, 1.82) is 0 Å². The average Bonchev–Trinajstić information content (AvgIpc) is 2.87. The Kier molecular flexibility index (Phi) is 3.80. The summed E-state index contributed by atoms with van der Waals surface area (Å²) in [5, 5.41) is 9.63. The normalized spacial score (nSPS) is 19.1. The highest BCUT2D eigenvalue weighted by Gasteiger charge is 2.37. The van der Waals surface area contributed by atoms with Crippen LogP contribution in [0.25, 0.3) is 0 Å². The van der Waals surface area contributed by atoms with Crippen LogP contribution in [0.15, 0.2) is 35.5 Å². The molecule has 118 valence electrons. The standard InChI is InChI=1S/C15H19N3O3S/c1-11-3-5-13(6-4-11)22(20,21)18-8-14-15(7-12(18)9-19)17(2)10-16-14/h3-6,10,12,19H,7-9H2,1-2H3/t12-/m1/s1. The van der Waals surface area contributed by atoms with Crippen LogP contribution in [0.1, 0.15) is 17.0 Å². The molecule has 1 aliphatic heterocycles. The van der Waals surface area contributed by atoms with E-state index in [-0.39, 0.29) is 18.0 Å². The summed E-state index contributed by atoms with van der Waals surface area (Å²) < 4.78 is 29.0. The molecule has 0 saturated carbocycles. The molecule has 0 spiro atoms. The van der Waals surface area contributed by atoms with Gasteiger partial charge in [0.15, 0.2) is 0 Å². The molecule has 1 aromatic heterocycles. The summed E-state index contributed by atoms with van der Waals surface area (Å²) in [6.07, 6.45) is 2.15. The third-order valence-electron chi connectivity index (χ3n) is 4.13. The number of hydrogen-bond acceptors (Lipinski definition) is 4. The van der Waals surface area contributed by atoms with Crippen LogP contribution in [0.5, 0.6) is 0 Å². The molecule has 0 fully saturated rings. The van der Waals surface area contributed by atoms with E-state index in [0.29, 0.717) is 6.42 Å². The first-order valence-electron chi connectivity index (χ1n) is 7.12. The van der Waals surface area contributed by atoms with Gasteiger partial charge in [-0.05, 0) is 19.1 Å². The Labute approximate surface area is 130 Å². The number of aryl methyl sites for hydroxylation is 2. The van der Waals surface area contributed by atoms with Gasteiger partial charge in [0.25, 0.3) is 0 Å². The van der Waals surface area contributed by atoms with Crippen molar-refractivity contribution in [2.75, 3.05) is 6.61 Å². The van der Waals surface area contributed by atoms with Gasteiger partial charge in [-0.1, -0.05) is 17.7 Å². The molecule has 7 heteroatoms. The summed E-state index contributed by atoms with van der Waals surface area (Å²) in [6, 6.07) is 6.29. The molecule has 6 nitrogen and oxygen atoms in total. The zero-order valence-corrected chi connectivity index (χ0v) is 13.4. The Morgan fingerprint density at radius 2 is 2.00 bits per heavy atom. The Bertz CT molecular complexity index is 781. The molecule has 3 rings (SSSR count). The highest BCUT2D eigenvalue weighted by molar-refractivity contribution is 7.89. The SMILES string of the molecule is Cc1ccc(S(=O)(=O)N2Cc3ncn(C)c3C[C@@H]2CO)cc1. The predicted molar refractivity (Wildman–Crippen MR) is 81.7 cm³/mol. The zero-order chi connectivity index (χ0) is 15.9. The van der Waals surface area contributed by atoms with Crippen molar-refractivity contribution in [2.45, 2.75) is 30.8 Å². The van der Waals surface area contributed by atoms with E-state index in [1.54, 1.807) is 30.6 Å². The molecule has 1 aromatic carbocycles. The van der Waals surface area contributed by atoms with Crippen molar-refractivity contribution in [1.82, 2.24) is 13.9 Å². The first kappa shape index (κ1) is 15.2. The maximum atomic E-state index is 12.9. The van der Waals surface area contributed by atoms with Crippen molar-refractivity contribution >= 4 is 10.0 Å². The lowest BCUT2D eigenvalue weighted by Gasteiger charge is -2.33. The van der Waals surface area contributed by atoms with Crippen LogP contribution in [0.3, 0.4) is 0 Å². The highest BCUT2D eigenvalue weighted by atomic mass is 32.2. The van der Waals surface area contributed by atoms with Gasteiger partial charge in [-0.15, -0.1) is 0 Å². The summed E-state index contributed by atoms with van der Waals surface area (Å²) in [6.45, 7) is 1.89. The van der Waals surface area contributed by atoms with Crippen molar-refractivity contribution in [3.05, 3.63) is 47.5 Å². The highest BCUT2D eigenvalue weighted by Crippen LogP contribution is 2.28. The first-order chi connectivity index (χ1) is 10.4. The third-order valence-corrected chi connectivity index (χ3v) is 6.04. The van der Waals surface area contributed by atoms with Gasteiger partial charge in [-0.2, -0.15) is 4.31 Å². The number of imidazole rings is 1. The van der Waals surface area contributed by atoms with Gasteiger partial charge in [0, 0.05) is 19.2 Å². The van der Waals surface area contributed by atoms with Crippen LogP contribution in [-0.2, 0) is 30.0 Å². The van der Waals surface area contributed by atoms with Crippen LogP contribution in [0.4, 0.5) is 0 Å². The van der Waals surface area contributed by atoms with Gasteiger partial charge in [0.05, 0.1) is 36.1 Å². The maximum Gasteiger partial charge on any atom is 0.243 e. The Hall–Kier alpha value is -1.70. The van der Waals surface area contributed by atoms with Crippen LogP contribution in [0, 0.1) is 6.92 Å². The second kappa shape index (κ2) is 5.49. The molecule has 0 unspecified atom stereocenters. The molecule has 2 heterocycles. The molecule has 22 heavy (non-hydrogen) atoms. The predicted octanol–water partition coefficient (Wildman–Crippen LogP) is 0.836. The summed E-state index contributed by atoms with van der Waals surface area (Å²) >= 11 is 0. The summed E-state index contributed by atoms with van der Waals surface area (Å²) in [7, 11) is -1.77.